The van der Waals surface area contributed by atoms with Gasteiger partial charge in [0.2, 0.25) is 4.96 Å². The van der Waals surface area contributed by atoms with E-state index in [-0.39, 0.29) is 11.7 Å². The maximum atomic E-state index is 12.8. The molecule has 0 aliphatic carbocycles. The molecule has 0 aliphatic rings. The van der Waals surface area contributed by atoms with Gasteiger partial charge >= 0.3 is 0 Å². The summed E-state index contributed by atoms with van der Waals surface area (Å²) in [6, 6.07) is 5.47. The fourth-order valence-electron chi connectivity index (χ4n) is 1.97. The molecule has 3 rings (SSSR count). The molecule has 2 heterocycles. The van der Waals surface area contributed by atoms with Gasteiger partial charge in [0.05, 0.1) is 11.9 Å². The van der Waals surface area contributed by atoms with Crippen LogP contribution in [0.1, 0.15) is 21.1 Å². The number of carbonyl (C=O) groups excluding carboxylic acids is 1. The highest BCUT2D eigenvalue weighted by molar-refractivity contribution is 7.16. The Hall–Kier alpha value is -2.28. The van der Waals surface area contributed by atoms with Crippen molar-refractivity contribution in [1.82, 2.24) is 19.9 Å². The molecular formula is C14H13FN4OS. The van der Waals surface area contributed by atoms with Crippen LogP contribution in [0.25, 0.3) is 4.96 Å². The van der Waals surface area contributed by atoms with E-state index in [0.717, 1.165) is 15.7 Å². The van der Waals surface area contributed by atoms with Crippen molar-refractivity contribution < 1.29 is 9.18 Å². The van der Waals surface area contributed by atoms with E-state index in [0.29, 0.717) is 18.5 Å². The van der Waals surface area contributed by atoms with Crippen LogP contribution in [-0.2, 0) is 6.42 Å². The van der Waals surface area contributed by atoms with E-state index in [2.05, 4.69) is 15.4 Å². The lowest BCUT2D eigenvalue weighted by Gasteiger charge is -2.03. The van der Waals surface area contributed by atoms with Crippen LogP contribution >= 0.6 is 11.3 Å². The van der Waals surface area contributed by atoms with Gasteiger partial charge in [0, 0.05) is 18.5 Å². The smallest absolute Gasteiger partial charge is 0.251 e. The van der Waals surface area contributed by atoms with Crippen molar-refractivity contribution in [1.29, 1.82) is 0 Å². The number of nitrogens with zero attached hydrogens (tertiary/aromatic N) is 3. The number of aromatic nitrogens is 3. The number of hydrogen-bond donors (Lipinski definition) is 1. The largest absolute Gasteiger partial charge is 0.352 e. The molecule has 1 aromatic carbocycles. The SMILES string of the molecule is Cc1nn2cc(CCNC(=O)c3ccc(F)cc3)nc2s1. The van der Waals surface area contributed by atoms with E-state index in [1.165, 1.54) is 35.6 Å². The van der Waals surface area contributed by atoms with Gasteiger partial charge in [-0.25, -0.2) is 13.9 Å². The summed E-state index contributed by atoms with van der Waals surface area (Å²) in [5.74, 6) is -0.572. The van der Waals surface area contributed by atoms with Gasteiger partial charge in [0.15, 0.2) is 0 Å². The summed E-state index contributed by atoms with van der Waals surface area (Å²) in [5.41, 5.74) is 1.33. The van der Waals surface area contributed by atoms with Gasteiger partial charge in [-0.3, -0.25) is 4.79 Å². The lowest BCUT2D eigenvalue weighted by molar-refractivity contribution is 0.0954. The first-order chi connectivity index (χ1) is 10.1. The van der Waals surface area contributed by atoms with Gasteiger partial charge in [-0.2, -0.15) is 5.10 Å². The fraction of sp³-hybridized carbons (Fsp3) is 0.214. The molecule has 0 bridgehead atoms. The van der Waals surface area contributed by atoms with Crippen LogP contribution < -0.4 is 5.32 Å². The highest BCUT2D eigenvalue weighted by Gasteiger charge is 2.08. The lowest BCUT2D eigenvalue weighted by atomic mass is 10.2. The van der Waals surface area contributed by atoms with Gasteiger partial charge in [-0.05, 0) is 31.2 Å². The number of aryl methyl sites for hydroxylation is 1. The number of benzene rings is 1. The minimum atomic E-state index is -0.354. The average Bonchev–Trinajstić information content (AvgIpc) is 2.96. The molecule has 0 aliphatic heterocycles. The predicted octanol–water partition coefficient (Wildman–Crippen LogP) is 2.21. The Kier molecular flexibility index (Phi) is 3.66. The Labute approximate surface area is 124 Å². The Bertz CT molecular complexity index is 746. The first-order valence-corrected chi connectivity index (χ1v) is 7.29. The van der Waals surface area contributed by atoms with Crippen molar-refractivity contribution in [2.75, 3.05) is 6.54 Å². The maximum absolute atomic E-state index is 12.8. The van der Waals surface area contributed by atoms with Crippen molar-refractivity contribution in [2.24, 2.45) is 0 Å². The van der Waals surface area contributed by atoms with E-state index < -0.39 is 0 Å². The molecule has 0 saturated heterocycles. The standard InChI is InChI=1S/C14H13FN4OS/c1-9-18-19-8-12(17-14(19)21-9)6-7-16-13(20)10-2-4-11(15)5-3-10/h2-5,8H,6-7H2,1H3,(H,16,20). The zero-order valence-corrected chi connectivity index (χ0v) is 12.2. The summed E-state index contributed by atoms with van der Waals surface area (Å²) in [7, 11) is 0. The van der Waals surface area contributed by atoms with Crippen LogP contribution in [0.3, 0.4) is 0 Å². The van der Waals surface area contributed by atoms with Crippen LogP contribution in [0.2, 0.25) is 0 Å². The van der Waals surface area contributed by atoms with E-state index in [4.69, 9.17) is 0 Å². The van der Waals surface area contributed by atoms with E-state index in [1.54, 1.807) is 4.52 Å². The number of carbonyl (C=O) groups is 1. The molecule has 108 valence electrons. The van der Waals surface area contributed by atoms with Gasteiger partial charge in [-0.15, -0.1) is 0 Å². The highest BCUT2D eigenvalue weighted by atomic mass is 32.1. The first-order valence-electron chi connectivity index (χ1n) is 6.47. The first kappa shape index (κ1) is 13.7. The van der Waals surface area contributed by atoms with Crippen LogP contribution in [0.4, 0.5) is 4.39 Å². The zero-order chi connectivity index (χ0) is 14.8. The van der Waals surface area contributed by atoms with Crippen LogP contribution in [0.15, 0.2) is 30.5 Å². The summed E-state index contributed by atoms with van der Waals surface area (Å²) < 4.78 is 14.5. The number of fused-ring (bicyclic) bond motifs is 1. The minimum Gasteiger partial charge on any atom is -0.352 e. The third-order valence-corrected chi connectivity index (χ3v) is 3.81. The molecular weight excluding hydrogens is 291 g/mol. The van der Waals surface area contributed by atoms with Gasteiger partial charge in [0.25, 0.3) is 5.91 Å². The van der Waals surface area contributed by atoms with Crippen molar-refractivity contribution in [3.63, 3.8) is 0 Å². The van der Waals surface area contributed by atoms with E-state index in [9.17, 15) is 9.18 Å². The Morgan fingerprint density at radius 2 is 2.14 bits per heavy atom. The molecule has 7 heteroatoms. The average molecular weight is 304 g/mol. The lowest BCUT2D eigenvalue weighted by Crippen LogP contribution is -2.25. The van der Waals surface area contributed by atoms with Gasteiger partial charge in [-0.1, -0.05) is 11.3 Å². The van der Waals surface area contributed by atoms with Crippen molar-refractivity contribution in [2.45, 2.75) is 13.3 Å². The minimum absolute atomic E-state index is 0.218. The Balaban J connectivity index is 1.56. The molecule has 5 nitrogen and oxygen atoms in total. The molecule has 0 atom stereocenters. The van der Waals surface area contributed by atoms with E-state index >= 15 is 0 Å². The summed E-state index contributed by atoms with van der Waals surface area (Å²) in [6.45, 7) is 2.40. The Morgan fingerprint density at radius 1 is 1.38 bits per heavy atom. The van der Waals surface area contributed by atoms with Crippen LogP contribution in [-0.4, -0.2) is 27.0 Å². The summed E-state index contributed by atoms with van der Waals surface area (Å²) in [6.07, 6.45) is 2.49. The molecule has 3 aromatic rings. The normalized spacial score (nSPS) is 11.0. The monoisotopic (exact) mass is 304 g/mol. The van der Waals surface area contributed by atoms with Crippen molar-refractivity contribution in [3.8, 4) is 0 Å². The number of nitrogens with one attached hydrogen (secondary N) is 1. The van der Waals surface area contributed by atoms with Crippen molar-refractivity contribution >= 4 is 22.2 Å². The van der Waals surface area contributed by atoms with E-state index in [1.807, 2.05) is 13.1 Å². The predicted molar refractivity (Wildman–Crippen MR) is 78.0 cm³/mol. The second-order valence-corrected chi connectivity index (χ2v) is 5.75. The second kappa shape index (κ2) is 5.61. The summed E-state index contributed by atoms with van der Waals surface area (Å²) in [4.78, 5) is 17.1. The van der Waals surface area contributed by atoms with Gasteiger partial charge in [0.1, 0.15) is 10.8 Å². The molecule has 0 saturated carbocycles. The number of halogens is 1. The highest BCUT2D eigenvalue weighted by Crippen LogP contribution is 2.13. The third-order valence-electron chi connectivity index (χ3n) is 2.97. The third kappa shape index (κ3) is 3.08. The summed E-state index contributed by atoms with van der Waals surface area (Å²) in [5, 5.41) is 8.04. The molecule has 0 unspecified atom stereocenters. The molecule has 21 heavy (non-hydrogen) atoms. The molecule has 0 fully saturated rings. The maximum Gasteiger partial charge on any atom is 0.251 e. The van der Waals surface area contributed by atoms with Crippen molar-refractivity contribution in [3.05, 3.63) is 52.5 Å². The number of amides is 1. The quantitative estimate of drug-likeness (QED) is 0.804. The molecule has 1 N–H and O–H groups in total. The zero-order valence-electron chi connectivity index (χ0n) is 11.3. The van der Waals surface area contributed by atoms with Crippen LogP contribution in [0, 0.1) is 12.7 Å². The molecule has 2 aromatic heterocycles. The summed E-state index contributed by atoms with van der Waals surface area (Å²) >= 11 is 1.53. The molecule has 1 amide bonds. The topological polar surface area (TPSA) is 59.3 Å². The Morgan fingerprint density at radius 3 is 2.86 bits per heavy atom. The molecule has 0 radical (unpaired) electrons. The fourth-order valence-corrected chi connectivity index (χ4v) is 2.72. The number of imidazole rings is 1. The number of rotatable bonds is 4. The van der Waals surface area contributed by atoms with Crippen LogP contribution in [0.5, 0.6) is 0 Å². The number of hydrogen-bond acceptors (Lipinski definition) is 4. The second-order valence-electron chi connectivity index (χ2n) is 4.59. The molecule has 0 spiro atoms. The van der Waals surface area contributed by atoms with Gasteiger partial charge < -0.3 is 5.32 Å².